The average Bonchev–Trinajstić information content (AvgIpc) is 2.59. The summed E-state index contributed by atoms with van der Waals surface area (Å²) < 4.78 is 26.4. The topological polar surface area (TPSA) is 20.3 Å². The van der Waals surface area contributed by atoms with E-state index in [1.54, 1.807) is 48.5 Å². The summed E-state index contributed by atoms with van der Waals surface area (Å²) in [5, 5.41) is 0. The Morgan fingerprint density at radius 3 is 1.30 bits per heavy atom. The van der Waals surface area contributed by atoms with Crippen molar-refractivity contribution in [2.24, 2.45) is 0 Å². The van der Waals surface area contributed by atoms with Crippen molar-refractivity contribution in [1.82, 2.24) is 0 Å². The Morgan fingerprint density at radius 1 is 0.609 bits per heavy atom. The van der Waals surface area contributed by atoms with Crippen molar-refractivity contribution in [2.75, 3.05) is 4.90 Å². The summed E-state index contributed by atoms with van der Waals surface area (Å²) in [6, 6.07) is 19.0. The number of anilines is 3. The SMILES string of the molecule is O=Cc1ccc(N(c2ccc(F)cc2)c2ccc(F)cc2)cc1. The molecule has 0 heterocycles. The first-order valence-corrected chi connectivity index (χ1v) is 7.04. The first-order valence-electron chi connectivity index (χ1n) is 7.04. The maximum absolute atomic E-state index is 13.2. The molecule has 0 N–H and O–H groups in total. The normalized spacial score (nSPS) is 10.3. The average molecular weight is 309 g/mol. The molecule has 3 aromatic carbocycles. The number of carbonyl (C=O) groups excluding carboxylic acids is 1. The molecule has 0 saturated heterocycles. The van der Waals surface area contributed by atoms with Gasteiger partial charge >= 0.3 is 0 Å². The lowest BCUT2D eigenvalue weighted by molar-refractivity contribution is 0.112. The van der Waals surface area contributed by atoms with Crippen molar-refractivity contribution in [1.29, 1.82) is 0 Å². The monoisotopic (exact) mass is 309 g/mol. The van der Waals surface area contributed by atoms with Crippen molar-refractivity contribution in [3.63, 3.8) is 0 Å². The van der Waals surface area contributed by atoms with Crippen molar-refractivity contribution in [3.8, 4) is 0 Å². The van der Waals surface area contributed by atoms with Crippen molar-refractivity contribution >= 4 is 23.3 Å². The quantitative estimate of drug-likeness (QED) is 0.614. The summed E-state index contributed by atoms with van der Waals surface area (Å²) in [5.74, 6) is -0.659. The molecule has 4 heteroatoms. The highest BCUT2D eigenvalue weighted by Gasteiger charge is 2.12. The number of nitrogens with zero attached hydrogens (tertiary/aromatic N) is 1. The van der Waals surface area contributed by atoms with E-state index < -0.39 is 0 Å². The van der Waals surface area contributed by atoms with Gasteiger partial charge in [0, 0.05) is 22.6 Å². The molecule has 0 spiro atoms. The largest absolute Gasteiger partial charge is 0.310 e. The molecule has 3 aromatic rings. The van der Waals surface area contributed by atoms with Crippen LogP contribution in [0.5, 0.6) is 0 Å². The number of hydrogen-bond acceptors (Lipinski definition) is 2. The second-order valence-corrected chi connectivity index (χ2v) is 5.00. The second kappa shape index (κ2) is 6.40. The van der Waals surface area contributed by atoms with Crippen LogP contribution in [0.2, 0.25) is 0 Å². The highest BCUT2D eigenvalue weighted by Crippen LogP contribution is 2.34. The maximum Gasteiger partial charge on any atom is 0.150 e. The van der Waals surface area contributed by atoms with Gasteiger partial charge in [-0.05, 0) is 72.8 Å². The number of hydrogen-bond donors (Lipinski definition) is 0. The number of aldehydes is 1. The Kier molecular flexibility index (Phi) is 4.15. The Morgan fingerprint density at radius 2 is 0.957 bits per heavy atom. The van der Waals surface area contributed by atoms with Crippen LogP contribution in [0.1, 0.15) is 10.4 Å². The molecular weight excluding hydrogens is 296 g/mol. The molecule has 0 amide bonds. The molecule has 2 nitrogen and oxygen atoms in total. The van der Waals surface area contributed by atoms with Crippen LogP contribution in [0.25, 0.3) is 0 Å². The molecule has 23 heavy (non-hydrogen) atoms. The van der Waals surface area contributed by atoms with Gasteiger partial charge in [0.05, 0.1) is 0 Å². The predicted octanol–water partition coefficient (Wildman–Crippen LogP) is 5.25. The third-order valence-electron chi connectivity index (χ3n) is 3.46. The standard InChI is InChI=1S/C19H13F2NO/c20-15-3-9-18(10-4-15)22(19-11-5-16(21)6-12-19)17-7-1-14(13-23)2-8-17/h1-13H. The van der Waals surface area contributed by atoms with E-state index in [-0.39, 0.29) is 11.6 Å². The molecule has 0 aliphatic heterocycles. The van der Waals surface area contributed by atoms with Gasteiger partial charge in [-0.3, -0.25) is 4.79 Å². The maximum atomic E-state index is 13.2. The van der Waals surface area contributed by atoms with Crippen LogP contribution in [0, 0.1) is 11.6 Å². The van der Waals surface area contributed by atoms with E-state index in [0.29, 0.717) is 5.56 Å². The fraction of sp³-hybridized carbons (Fsp3) is 0. The third kappa shape index (κ3) is 3.26. The van der Waals surface area contributed by atoms with Gasteiger partial charge < -0.3 is 4.90 Å². The van der Waals surface area contributed by atoms with E-state index in [1.807, 2.05) is 4.90 Å². The highest BCUT2D eigenvalue weighted by molar-refractivity contribution is 5.80. The van der Waals surface area contributed by atoms with Crippen LogP contribution >= 0.6 is 0 Å². The molecular formula is C19H13F2NO. The van der Waals surface area contributed by atoms with Crippen LogP contribution in [0.15, 0.2) is 72.8 Å². The van der Waals surface area contributed by atoms with Gasteiger partial charge in [0.2, 0.25) is 0 Å². The lowest BCUT2D eigenvalue weighted by Crippen LogP contribution is -2.10. The zero-order chi connectivity index (χ0) is 16.2. The molecule has 0 radical (unpaired) electrons. The van der Waals surface area contributed by atoms with Gasteiger partial charge in [-0.2, -0.15) is 0 Å². The fourth-order valence-electron chi connectivity index (χ4n) is 2.33. The summed E-state index contributed by atoms with van der Waals surface area (Å²) in [5.41, 5.74) is 2.81. The summed E-state index contributed by atoms with van der Waals surface area (Å²) in [6.45, 7) is 0. The van der Waals surface area contributed by atoms with Crippen molar-refractivity contribution < 1.29 is 13.6 Å². The molecule has 0 aliphatic rings. The fourth-order valence-corrected chi connectivity index (χ4v) is 2.33. The Balaban J connectivity index is 2.10. The Hall–Kier alpha value is -3.01. The number of rotatable bonds is 4. The van der Waals surface area contributed by atoms with Gasteiger partial charge in [-0.1, -0.05) is 0 Å². The molecule has 0 aromatic heterocycles. The van der Waals surface area contributed by atoms with Crippen molar-refractivity contribution in [2.45, 2.75) is 0 Å². The van der Waals surface area contributed by atoms with E-state index in [0.717, 1.165) is 23.3 Å². The minimum atomic E-state index is -0.330. The summed E-state index contributed by atoms with van der Waals surface area (Å²) in [4.78, 5) is 12.7. The van der Waals surface area contributed by atoms with Crippen LogP contribution < -0.4 is 4.90 Å². The van der Waals surface area contributed by atoms with Gasteiger partial charge in [0.25, 0.3) is 0 Å². The minimum Gasteiger partial charge on any atom is -0.310 e. The Labute approximate surface area is 132 Å². The van der Waals surface area contributed by atoms with E-state index >= 15 is 0 Å². The van der Waals surface area contributed by atoms with E-state index in [1.165, 1.54) is 24.3 Å². The lowest BCUT2D eigenvalue weighted by Gasteiger charge is -2.25. The molecule has 0 fully saturated rings. The molecule has 114 valence electrons. The molecule has 0 saturated carbocycles. The molecule has 0 aliphatic carbocycles. The van der Waals surface area contributed by atoms with Crippen LogP contribution in [-0.4, -0.2) is 6.29 Å². The Bertz CT molecular complexity index is 751. The zero-order valence-corrected chi connectivity index (χ0v) is 12.1. The van der Waals surface area contributed by atoms with Crippen LogP contribution in [-0.2, 0) is 0 Å². The van der Waals surface area contributed by atoms with Crippen molar-refractivity contribution in [3.05, 3.63) is 90.0 Å². The predicted molar refractivity (Wildman–Crippen MR) is 86.4 cm³/mol. The van der Waals surface area contributed by atoms with Crippen LogP contribution in [0.3, 0.4) is 0 Å². The molecule has 0 unspecified atom stereocenters. The van der Waals surface area contributed by atoms with E-state index in [9.17, 15) is 13.6 Å². The summed E-state index contributed by atoms with van der Waals surface area (Å²) >= 11 is 0. The number of carbonyl (C=O) groups is 1. The molecule has 0 bridgehead atoms. The first kappa shape index (κ1) is 14.9. The van der Waals surface area contributed by atoms with Gasteiger partial charge in [0.15, 0.2) is 0 Å². The first-order chi connectivity index (χ1) is 11.2. The zero-order valence-electron chi connectivity index (χ0n) is 12.1. The van der Waals surface area contributed by atoms with Gasteiger partial charge in [-0.15, -0.1) is 0 Å². The summed E-state index contributed by atoms with van der Waals surface area (Å²) in [7, 11) is 0. The second-order valence-electron chi connectivity index (χ2n) is 5.00. The van der Waals surface area contributed by atoms with E-state index in [2.05, 4.69) is 0 Å². The molecule has 3 rings (SSSR count). The smallest absolute Gasteiger partial charge is 0.150 e. The number of benzene rings is 3. The summed E-state index contributed by atoms with van der Waals surface area (Å²) in [6.07, 6.45) is 0.768. The van der Waals surface area contributed by atoms with Gasteiger partial charge in [0.1, 0.15) is 17.9 Å². The third-order valence-corrected chi connectivity index (χ3v) is 3.46. The van der Waals surface area contributed by atoms with E-state index in [4.69, 9.17) is 0 Å². The minimum absolute atomic E-state index is 0.330. The van der Waals surface area contributed by atoms with Gasteiger partial charge in [-0.25, -0.2) is 8.78 Å². The van der Waals surface area contributed by atoms with Crippen LogP contribution in [0.4, 0.5) is 25.8 Å². The highest BCUT2D eigenvalue weighted by atomic mass is 19.1. The number of halogens is 2. The molecule has 0 atom stereocenters. The lowest BCUT2D eigenvalue weighted by atomic mass is 10.1.